The van der Waals surface area contributed by atoms with Crippen molar-refractivity contribution in [3.63, 3.8) is 0 Å². The minimum atomic E-state index is 0.0828. The van der Waals surface area contributed by atoms with Crippen LogP contribution in [0.15, 0.2) is 0 Å². The summed E-state index contributed by atoms with van der Waals surface area (Å²) in [4.78, 5) is 17.1. The number of carbonyl (C=O) groups excluding carboxylic acids is 1. The van der Waals surface area contributed by atoms with Gasteiger partial charge in [-0.2, -0.15) is 0 Å². The van der Waals surface area contributed by atoms with Crippen LogP contribution in [0.5, 0.6) is 0 Å². The van der Waals surface area contributed by atoms with E-state index in [0.29, 0.717) is 12.0 Å². The Balaban J connectivity index is 1.79. The molecule has 80 valence electrons. The smallest absolute Gasteiger partial charge is 0.263 e. The quantitative estimate of drug-likeness (QED) is 0.852. The van der Waals surface area contributed by atoms with Crippen LogP contribution in [0.25, 0.3) is 0 Å². The molecule has 1 amide bonds. The fourth-order valence-corrected chi connectivity index (χ4v) is 2.75. The van der Waals surface area contributed by atoms with Crippen LogP contribution in [-0.4, -0.2) is 16.9 Å². The van der Waals surface area contributed by atoms with E-state index in [1.807, 2.05) is 6.92 Å². The zero-order valence-electron chi connectivity index (χ0n) is 8.75. The summed E-state index contributed by atoms with van der Waals surface area (Å²) in [5, 5.41) is 4.18. The van der Waals surface area contributed by atoms with Gasteiger partial charge >= 0.3 is 0 Å². The second kappa shape index (κ2) is 3.30. The fraction of sp³-hybridized carbons (Fsp3) is 0.636. The number of hydrogen-bond donors (Lipinski definition) is 1. The molecule has 0 aromatic carbocycles. The van der Waals surface area contributed by atoms with E-state index >= 15 is 0 Å². The Labute approximate surface area is 92.9 Å². The summed E-state index contributed by atoms with van der Waals surface area (Å²) in [5.74, 6) is 0.732. The molecule has 1 aromatic heterocycles. The molecule has 3 nitrogen and oxygen atoms in total. The Morgan fingerprint density at radius 2 is 2.13 bits per heavy atom. The first-order valence-corrected chi connectivity index (χ1v) is 6.34. The van der Waals surface area contributed by atoms with E-state index in [-0.39, 0.29) is 5.91 Å². The number of aryl methyl sites for hydroxylation is 1. The van der Waals surface area contributed by atoms with Crippen LogP contribution in [0.3, 0.4) is 0 Å². The van der Waals surface area contributed by atoms with Gasteiger partial charge in [-0.15, -0.1) is 11.3 Å². The summed E-state index contributed by atoms with van der Waals surface area (Å²) in [5.41, 5.74) is 0.903. The first-order valence-electron chi connectivity index (χ1n) is 5.52. The van der Waals surface area contributed by atoms with Crippen LogP contribution < -0.4 is 5.32 Å². The molecule has 0 spiro atoms. The number of nitrogens with one attached hydrogen (secondary N) is 1. The number of carbonyl (C=O) groups is 1. The fourth-order valence-electron chi connectivity index (χ4n) is 1.61. The summed E-state index contributed by atoms with van der Waals surface area (Å²) < 4.78 is 0. The van der Waals surface area contributed by atoms with Gasteiger partial charge in [-0.1, -0.05) is 0 Å². The molecule has 2 aliphatic rings. The minimum Gasteiger partial charge on any atom is -0.349 e. The molecule has 2 fully saturated rings. The van der Waals surface area contributed by atoms with Crippen LogP contribution in [-0.2, 0) is 0 Å². The van der Waals surface area contributed by atoms with Gasteiger partial charge in [-0.05, 0) is 32.6 Å². The number of rotatable bonds is 3. The average Bonchev–Trinajstić information content (AvgIpc) is 3.06. The lowest BCUT2D eigenvalue weighted by Crippen LogP contribution is -2.25. The van der Waals surface area contributed by atoms with Gasteiger partial charge in [0, 0.05) is 12.0 Å². The predicted octanol–water partition coefficient (Wildman–Crippen LogP) is 2.22. The summed E-state index contributed by atoms with van der Waals surface area (Å²) in [6.45, 7) is 1.93. The number of thiazole rings is 1. The highest BCUT2D eigenvalue weighted by Crippen LogP contribution is 2.42. The second-order valence-corrected chi connectivity index (χ2v) is 5.52. The molecule has 1 N–H and O–H groups in total. The Hall–Kier alpha value is -0.900. The Morgan fingerprint density at radius 1 is 1.40 bits per heavy atom. The monoisotopic (exact) mass is 222 g/mol. The van der Waals surface area contributed by atoms with E-state index in [4.69, 9.17) is 0 Å². The Bertz CT molecular complexity index is 405. The molecule has 0 bridgehead atoms. The van der Waals surface area contributed by atoms with Gasteiger partial charge in [-0.3, -0.25) is 4.79 Å². The largest absolute Gasteiger partial charge is 0.349 e. The molecule has 0 radical (unpaired) electrons. The standard InChI is InChI=1S/C11H14N2OS/c1-6-9(10(14)13-8-4-5-8)15-11(12-6)7-2-3-7/h7-8H,2-5H2,1H3,(H,13,14). The summed E-state index contributed by atoms with van der Waals surface area (Å²) >= 11 is 1.58. The van der Waals surface area contributed by atoms with Crippen LogP contribution in [0.2, 0.25) is 0 Å². The lowest BCUT2D eigenvalue weighted by Gasteiger charge is -1.99. The molecule has 1 aromatic rings. The highest BCUT2D eigenvalue weighted by Gasteiger charge is 2.30. The molecule has 1 heterocycles. The lowest BCUT2D eigenvalue weighted by atomic mass is 10.3. The van der Waals surface area contributed by atoms with E-state index in [9.17, 15) is 4.79 Å². The Kier molecular flexibility index (Phi) is 2.06. The first kappa shape index (κ1) is 9.33. The minimum absolute atomic E-state index is 0.0828. The molecule has 0 atom stereocenters. The molecule has 2 saturated carbocycles. The summed E-state index contributed by atoms with van der Waals surface area (Å²) in [7, 11) is 0. The van der Waals surface area contributed by atoms with Gasteiger partial charge in [0.25, 0.3) is 5.91 Å². The maximum atomic E-state index is 11.8. The highest BCUT2D eigenvalue weighted by molar-refractivity contribution is 7.13. The van der Waals surface area contributed by atoms with Crippen molar-refractivity contribution in [2.75, 3.05) is 0 Å². The normalized spacial score (nSPS) is 20.3. The molecule has 0 aliphatic heterocycles. The van der Waals surface area contributed by atoms with E-state index < -0.39 is 0 Å². The number of aromatic nitrogens is 1. The molecule has 0 saturated heterocycles. The second-order valence-electron chi connectivity index (χ2n) is 4.49. The van der Waals surface area contributed by atoms with Crippen molar-refractivity contribution >= 4 is 17.2 Å². The maximum absolute atomic E-state index is 11.8. The third kappa shape index (κ3) is 1.91. The Morgan fingerprint density at radius 3 is 2.73 bits per heavy atom. The van der Waals surface area contributed by atoms with E-state index in [1.54, 1.807) is 11.3 Å². The predicted molar refractivity (Wildman–Crippen MR) is 59.3 cm³/mol. The van der Waals surface area contributed by atoms with Crippen molar-refractivity contribution in [3.8, 4) is 0 Å². The topological polar surface area (TPSA) is 42.0 Å². The maximum Gasteiger partial charge on any atom is 0.263 e. The van der Waals surface area contributed by atoms with Gasteiger partial charge in [0.2, 0.25) is 0 Å². The zero-order chi connectivity index (χ0) is 10.4. The third-order valence-electron chi connectivity index (χ3n) is 2.86. The number of amides is 1. The van der Waals surface area contributed by atoms with Gasteiger partial charge < -0.3 is 5.32 Å². The van der Waals surface area contributed by atoms with Gasteiger partial charge in [0.15, 0.2) is 0 Å². The third-order valence-corrected chi connectivity index (χ3v) is 4.18. The number of hydrogen-bond acceptors (Lipinski definition) is 3. The van der Waals surface area contributed by atoms with Gasteiger partial charge in [0.05, 0.1) is 10.7 Å². The molecule has 4 heteroatoms. The molecular formula is C11H14N2OS. The van der Waals surface area contributed by atoms with Crippen molar-refractivity contribution in [1.29, 1.82) is 0 Å². The molecule has 3 rings (SSSR count). The van der Waals surface area contributed by atoms with Crippen LogP contribution in [0.4, 0.5) is 0 Å². The zero-order valence-corrected chi connectivity index (χ0v) is 9.56. The SMILES string of the molecule is Cc1nc(C2CC2)sc1C(=O)NC1CC1. The van der Waals surface area contributed by atoms with E-state index in [2.05, 4.69) is 10.3 Å². The van der Waals surface area contributed by atoms with Crippen molar-refractivity contribution in [1.82, 2.24) is 10.3 Å². The highest BCUT2D eigenvalue weighted by atomic mass is 32.1. The van der Waals surface area contributed by atoms with Crippen molar-refractivity contribution in [2.24, 2.45) is 0 Å². The molecule has 2 aliphatic carbocycles. The first-order chi connectivity index (χ1) is 7.24. The molecule has 15 heavy (non-hydrogen) atoms. The molecule has 0 unspecified atom stereocenters. The summed E-state index contributed by atoms with van der Waals surface area (Å²) in [6.07, 6.45) is 4.77. The average molecular weight is 222 g/mol. The van der Waals surface area contributed by atoms with Crippen molar-refractivity contribution in [3.05, 3.63) is 15.6 Å². The molecular weight excluding hydrogens is 208 g/mol. The van der Waals surface area contributed by atoms with Crippen molar-refractivity contribution in [2.45, 2.75) is 44.6 Å². The van der Waals surface area contributed by atoms with E-state index in [1.165, 1.54) is 12.8 Å². The lowest BCUT2D eigenvalue weighted by molar-refractivity contribution is 0.0954. The van der Waals surface area contributed by atoms with Crippen LogP contribution in [0.1, 0.15) is 52.0 Å². The van der Waals surface area contributed by atoms with Gasteiger partial charge in [-0.25, -0.2) is 4.98 Å². The van der Waals surface area contributed by atoms with Gasteiger partial charge in [0.1, 0.15) is 4.88 Å². The van der Waals surface area contributed by atoms with Crippen molar-refractivity contribution < 1.29 is 4.79 Å². The van der Waals surface area contributed by atoms with Crippen LogP contribution in [0, 0.1) is 6.92 Å². The van der Waals surface area contributed by atoms with Crippen LogP contribution >= 0.6 is 11.3 Å². The summed E-state index contributed by atoms with van der Waals surface area (Å²) in [6, 6.07) is 0.434. The number of nitrogens with zero attached hydrogens (tertiary/aromatic N) is 1. The van der Waals surface area contributed by atoms with E-state index in [0.717, 1.165) is 28.4 Å².